The van der Waals surface area contributed by atoms with E-state index in [1.165, 1.54) is 16.6 Å². The largest absolute Gasteiger partial charge is 0.384 e. The van der Waals surface area contributed by atoms with E-state index in [9.17, 15) is 5.11 Å². The van der Waals surface area contributed by atoms with Gasteiger partial charge in [-0.05, 0) is 54.4 Å². The first-order chi connectivity index (χ1) is 18.5. The van der Waals surface area contributed by atoms with E-state index >= 15 is 0 Å². The lowest BCUT2D eigenvalue weighted by atomic mass is 9.90. The number of rotatable bonds is 9. The molecule has 0 spiro atoms. The van der Waals surface area contributed by atoms with E-state index in [1.54, 1.807) is 0 Å². The van der Waals surface area contributed by atoms with Crippen LogP contribution in [0, 0.1) is 0 Å². The summed E-state index contributed by atoms with van der Waals surface area (Å²) in [4.78, 5) is 7.05. The fourth-order valence-electron chi connectivity index (χ4n) is 5.58. The summed E-state index contributed by atoms with van der Waals surface area (Å²) >= 11 is 0. The monoisotopic (exact) mass is 508 g/mol. The zero-order valence-electron chi connectivity index (χ0n) is 22.8. The summed E-state index contributed by atoms with van der Waals surface area (Å²) in [5.41, 5.74) is 5.37. The van der Waals surface area contributed by atoms with Gasteiger partial charge in [0.2, 0.25) is 0 Å². The van der Waals surface area contributed by atoms with Gasteiger partial charge in [-0.2, -0.15) is 0 Å². The fraction of sp³-hybridized carbons (Fsp3) is 0.364. The average Bonchev–Trinajstić information content (AvgIpc) is 2.96. The molecule has 2 atom stereocenters. The summed E-state index contributed by atoms with van der Waals surface area (Å²) in [6.07, 6.45) is 3.99. The topological polar surface area (TPSA) is 60.4 Å². The second kappa shape index (κ2) is 12.0. The molecule has 3 N–H and O–H groups in total. The summed E-state index contributed by atoms with van der Waals surface area (Å²) in [5, 5.41) is 19.6. The van der Waals surface area contributed by atoms with Gasteiger partial charge in [0, 0.05) is 49.9 Å². The Morgan fingerprint density at radius 3 is 2.24 bits per heavy atom. The third kappa shape index (κ3) is 6.17. The van der Waals surface area contributed by atoms with Crippen LogP contribution in [0.2, 0.25) is 0 Å². The molecule has 38 heavy (non-hydrogen) atoms. The SMILES string of the molecule is C[C@H](CNC1CCC(Nc2cc(N(C)C)c3ccccc3n2)CC1)c1cccc(C(O)c2ccccc2)c1. The van der Waals surface area contributed by atoms with Crippen LogP contribution in [0.3, 0.4) is 0 Å². The van der Waals surface area contributed by atoms with Crippen LogP contribution in [0.25, 0.3) is 10.9 Å². The number of anilines is 2. The van der Waals surface area contributed by atoms with Crippen LogP contribution in [0.1, 0.15) is 61.3 Å². The Labute approximate surface area is 226 Å². The Kier molecular flexibility index (Phi) is 8.26. The first-order valence-electron chi connectivity index (χ1n) is 13.9. The Bertz CT molecular complexity index is 1330. The molecular weight excluding hydrogens is 468 g/mol. The van der Waals surface area contributed by atoms with Gasteiger partial charge in [-0.25, -0.2) is 4.98 Å². The number of benzene rings is 3. The van der Waals surface area contributed by atoms with Gasteiger partial charge in [-0.3, -0.25) is 0 Å². The number of pyridine rings is 1. The lowest BCUT2D eigenvalue weighted by Crippen LogP contribution is -2.38. The van der Waals surface area contributed by atoms with Gasteiger partial charge in [0.05, 0.1) is 5.52 Å². The molecule has 0 saturated heterocycles. The second-order valence-electron chi connectivity index (χ2n) is 10.9. The molecular formula is C33H40N4O. The molecule has 0 amide bonds. The van der Waals surface area contributed by atoms with Crippen LogP contribution < -0.4 is 15.5 Å². The predicted octanol–water partition coefficient (Wildman–Crippen LogP) is 6.50. The lowest BCUT2D eigenvalue weighted by Gasteiger charge is -2.31. The maximum absolute atomic E-state index is 10.8. The molecule has 1 aliphatic carbocycles. The Morgan fingerprint density at radius 1 is 0.816 bits per heavy atom. The molecule has 0 aliphatic heterocycles. The minimum Gasteiger partial charge on any atom is -0.384 e. The highest BCUT2D eigenvalue weighted by Gasteiger charge is 2.22. The van der Waals surface area contributed by atoms with Crippen molar-refractivity contribution in [1.82, 2.24) is 10.3 Å². The molecule has 3 aromatic carbocycles. The van der Waals surface area contributed by atoms with Crippen molar-refractivity contribution < 1.29 is 5.11 Å². The summed E-state index contributed by atoms with van der Waals surface area (Å²) in [6, 6.07) is 29.8. The van der Waals surface area contributed by atoms with Gasteiger partial charge in [-0.1, -0.05) is 79.7 Å². The molecule has 5 nitrogen and oxygen atoms in total. The molecule has 1 heterocycles. The molecule has 198 valence electrons. The molecule has 1 saturated carbocycles. The highest BCUT2D eigenvalue weighted by Crippen LogP contribution is 2.30. The number of fused-ring (bicyclic) bond motifs is 1. The number of para-hydroxylation sites is 1. The first kappa shape index (κ1) is 26.2. The van der Waals surface area contributed by atoms with Gasteiger partial charge in [-0.15, -0.1) is 0 Å². The van der Waals surface area contributed by atoms with E-state index in [4.69, 9.17) is 4.98 Å². The number of aromatic nitrogens is 1. The predicted molar refractivity (Wildman–Crippen MR) is 159 cm³/mol. The normalized spacial score (nSPS) is 19.2. The molecule has 1 aromatic heterocycles. The number of nitrogens with one attached hydrogen (secondary N) is 2. The van der Waals surface area contributed by atoms with Crippen molar-refractivity contribution in [2.24, 2.45) is 0 Å². The summed E-state index contributed by atoms with van der Waals surface area (Å²) in [5.74, 6) is 1.34. The highest BCUT2D eigenvalue weighted by atomic mass is 16.3. The summed E-state index contributed by atoms with van der Waals surface area (Å²) in [7, 11) is 4.18. The van der Waals surface area contributed by atoms with Crippen LogP contribution in [0.5, 0.6) is 0 Å². The zero-order valence-corrected chi connectivity index (χ0v) is 22.8. The fourth-order valence-corrected chi connectivity index (χ4v) is 5.58. The molecule has 0 bridgehead atoms. The molecule has 1 unspecified atom stereocenters. The Balaban J connectivity index is 1.13. The smallest absolute Gasteiger partial charge is 0.128 e. The molecule has 5 heteroatoms. The number of aliphatic hydroxyl groups is 1. The Morgan fingerprint density at radius 2 is 1.47 bits per heavy atom. The van der Waals surface area contributed by atoms with Crippen molar-refractivity contribution in [3.05, 3.63) is 102 Å². The third-order valence-corrected chi connectivity index (χ3v) is 7.88. The standard InChI is InChI=1S/C33H40N4O/c1-23(25-12-9-13-26(20-25)33(38)24-10-5-4-6-11-24)22-34-27-16-18-28(19-17-27)35-32-21-31(37(2)3)29-14-7-8-15-30(29)36-32/h4-15,20-21,23,27-28,33-34,38H,16-19,22H2,1-3H3,(H,35,36)/t23-,27?,28?,33?/m1/s1. The molecule has 5 rings (SSSR count). The number of nitrogens with zero attached hydrogens (tertiary/aromatic N) is 2. The Hall–Kier alpha value is -3.41. The van der Waals surface area contributed by atoms with E-state index in [0.29, 0.717) is 18.0 Å². The van der Waals surface area contributed by atoms with E-state index in [-0.39, 0.29) is 0 Å². The highest BCUT2D eigenvalue weighted by molar-refractivity contribution is 5.93. The van der Waals surface area contributed by atoms with Crippen molar-refractivity contribution in [1.29, 1.82) is 0 Å². The van der Waals surface area contributed by atoms with Gasteiger partial charge < -0.3 is 20.6 Å². The van der Waals surface area contributed by atoms with Crippen molar-refractivity contribution in [2.75, 3.05) is 30.9 Å². The minimum absolute atomic E-state index is 0.375. The molecule has 1 fully saturated rings. The minimum atomic E-state index is -0.593. The van der Waals surface area contributed by atoms with Gasteiger partial charge in [0.15, 0.2) is 0 Å². The van der Waals surface area contributed by atoms with E-state index < -0.39 is 6.10 Å². The number of hydrogen-bond acceptors (Lipinski definition) is 5. The summed E-state index contributed by atoms with van der Waals surface area (Å²) < 4.78 is 0. The van der Waals surface area contributed by atoms with Crippen LogP contribution in [-0.4, -0.2) is 42.8 Å². The molecule has 0 radical (unpaired) electrons. The second-order valence-corrected chi connectivity index (χ2v) is 10.9. The van der Waals surface area contributed by atoms with Gasteiger partial charge in [0.25, 0.3) is 0 Å². The van der Waals surface area contributed by atoms with Crippen LogP contribution in [-0.2, 0) is 0 Å². The number of aliphatic hydroxyl groups excluding tert-OH is 1. The lowest BCUT2D eigenvalue weighted by molar-refractivity contribution is 0.220. The van der Waals surface area contributed by atoms with Crippen LogP contribution in [0.4, 0.5) is 11.5 Å². The van der Waals surface area contributed by atoms with Crippen molar-refractivity contribution in [2.45, 2.75) is 56.7 Å². The van der Waals surface area contributed by atoms with E-state index in [2.05, 4.69) is 85.1 Å². The first-order valence-corrected chi connectivity index (χ1v) is 13.9. The van der Waals surface area contributed by atoms with Crippen molar-refractivity contribution in [3.63, 3.8) is 0 Å². The van der Waals surface area contributed by atoms with Crippen molar-refractivity contribution >= 4 is 22.4 Å². The number of hydrogen-bond donors (Lipinski definition) is 3. The maximum Gasteiger partial charge on any atom is 0.128 e. The maximum atomic E-state index is 10.8. The van der Waals surface area contributed by atoms with Gasteiger partial charge in [0.1, 0.15) is 11.9 Å². The van der Waals surface area contributed by atoms with E-state index in [0.717, 1.165) is 54.7 Å². The third-order valence-electron chi connectivity index (χ3n) is 7.88. The molecule has 1 aliphatic rings. The molecule has 4 aromatic rings. The summed E-state index contributed by atoms with van der Waals surface area (Å²) in [6.45, 7) is 3.20. The van der Waals surface area contributed by atoms with Gasteiger partial charge >= 0.3 is 0 Å². The average molecular weight is 509 g/mol. The van der Waals surface area contributed by atoms with E-state index in [1.807, 2.05) is 36.4 Å². The van der Waals surface area contributed by atoms with Crippen LogP contribution in [0.15, 0.2) is 84.9 Å². The quantitative estimate of drug-likeness (QED) is 0.241. The van der Waals surface area contributed by atoms with Crippen molar-refractivity contribution in [3.8, 4) is 0 Å². The zero-order chi connectivity index (χ0) is 26.5. The van der Waals surface area contributed by atoms with Crippen LogP contribution >= 0.6 is 0 Å².